The van der Waals surface area contributed by atoms with Gasteiger partial charge in [-0.3, -0.25) is 0 Å². The molecule has 4 nitrogen and oxygen atoms in total. The van der Waals surface area contributed by atoms with Gasteiger partial charge in [0, 0.05) is 0 Å². The van der Waals surface area contributed by atoms with Crippen LogP contribution in [0, 0.1) is 11.3 Å². The number of fused-ring (bicyclic) bond motifs is 1. The standard InChI is InChI=1S/C23H21NO3/c1-2-11-25-12-13-26-22-8-4-18(5-9-22)17-27-23-10-7-20-14-19(16-24)3-6-21(20)15-23/h2-10,14-15H,1,11-13,17H2. The summed E-state index contributed by atoms with van der Waals surface area (Å²) < 4.78 is 16.8. The van der Waals surface area contributed by atoms with Crippen LogP contribution >= 0.6 is 0 Å². The highest BCUT2D eigenvalue weighted by Crippen LogP contribution is 2.23. The second-order valence-corrected chi connectivity index (χ2v) is 5.98. The molecule has 0 bridgehead atoms. The van der Waals surface area contributed by atoms with Crippen molar-refractivity contribution in [1.29, 1.82) is 5.26 Å². The van der Waals surface area contributed by atoms with Crippen LogP contribution in [0.1, 0.15) is 11.1 Å². The fourth-order valence-corrected chi connectivity index (χ4v) is 2.62. The molecule has 0 saturated heterocycles. The van der Waals surface area contributed by atoms with Crippen LogP contribution in [0.2, 0.25) is 0 Å². The smallest absolute Gasteiger partial charge is 0.120 e. The van der Waals surface area contributed by atoms with Crippen molar-refractivity contribution in [3.63, 3.8) is 0 Å². The third-order valence-electron chi connectivity index (χ3n) is 4.00. The Hall–Kier alpha value is -3.29. The van der Waals surface area contributed by atoms with Gasteiger partial charge in [0.15, 0.2) is 0 Å². The van der Waals surface area contributed by atoms with Gasteiger partial charge in [-0.05, 0) is 52.7 Å². The summed E-state index contributed by atoms with van der Waals surface area (Å²) in [5.41, 5.74) is 1.72. The van der Waals surface area contributed by atoms with E-state index in [0.29, 0.717) is 32.0 Å². The Kier molecular flexibility index (Phi) is 6.45. The molecule has 3 aromatic rings. The van der Waals surface area contributed by atoms with Gasteiger partial charge in [0.2, 0.25) is 0 Å². The molecule has 0 spiro atoms. The molecule has 0 unspecified atom stereocenters. The van der Waals surface area contributed by atoms with Gasteiger partial charge in [0.1, 0.15) is 24.7 Å². The Morgan fingerprint density at radius 2 is 1.59 bits per heavy atom. The lowest BCUT2D eigenvalue weighted by atomic mass is 10.1. The third-order valence-corrected chi connectivity index (χ3v) is 4.00. The minimum absolute atomic E-state index is 0.477. The maximum atomic E-state index is 8.97. The molecule has 0 aromatic heterocycles. The van der Waals surface area contributed by atoms with E-state index in [-0.39, 0.29) is 0 Å². The molecule has 4 heteroatoms. The van der Waals surface area contributed by atoms with Crippen molar-refractivity contribution in [2.75, 3.05) is 19.8 Å². The minimum atomic E-state index is 0.477. The zero-order valence-electron chi connectivity index (χ0n) is 15.1. The van der Waals surface area contributed by atoms with Crippen LogP contribution in [0.5, 0.6) is 11.5 Å². The van der Waals surface area contributed by atoms with Gasteiger partial charge in [-0.25, -0.2) is 0 Å². The number of hydrogen-bond acceptors (Lipinski definition) is 4. The van der Waals surface area contributed by atoms with E-state index < -0.39 is 0 Å². The van der Waals surface area contributed by atoms with Gasteiger partial charge in [0.25, 0.3) is 0 Å². The molecule has 0 aliphatic carbocycles. The van der Waals surface area contributed by atoms with Crippen molar-refractivity contribution < 1.29 is 14.2 Å². The first kappa shape index (κ1) is 18.5. The number of benzene rings is 3. The van der Waals surface area contributed by atoms with E-state index in [4.69, 9.17) is 19.5 Å². The Balaban J connectivity index is 1.53. The molecule has 0 fully saturated rings. The SMILES string of the molecule is C=CCOCCOc1ccc(COc2ccc3cc(C#N)ccc3c2)cc1. The second-order valence-electron chi connectivity index (χ2n) is 5.98. The maximum absolute atomic E-state index is 8.97. The maximum Gasteiger partial charge on any atom is 0.120 e. The predicted molar refractivity (Wildman–Crippen MR) is 106 cm³/mol. The summed E-state index contributed by atoms with van der Waals surface area (Å²) >= 11 is 0. The van der Waals surface area contributed by atoms with E-state index in [0.717, 1.165) is 27.8 Å². The highest BCUT2D eigenvalue weighted by atomic mass is 16.5. The highest BCUT2D eigenvalue weighted by Gasteiger charge is 2.01. The summed E-state index contributed by atoms with van der Waals surface area (Å²) in [5, 5.41) is 11.0. The van der Waals surface area contributed by atoms with Crippen LogP contribution in [0.15, 0.2) is 73.3 Å². The van der Waals surface area contributed by atoms with Crippen LogP contribution in [0.25, 0.3) is 10.8 Å². The minimum Gasteiger partial charge on any atom is -0.491 e. The second kappa shape index (κ2) is 9.42. The number of hydrogen-bond donors (Lipinski definition) is 0. The molecule has 0 aliphatic heterocycles. The molecule has 0 saturated carbocycles. The quantitative estimate of drug-likeness (QED) is 0.404. The van der Waals surface area contributed by atoms with Crippen molar-refractivity contribution in [2.24, 2.45) is 0 Å². The van der Waals surface area contributed by atoms with E-state index in [1.54, 1.807) is 6.08 Å². The summed E-state index contributed by atoms with van der Waals surface area (Å²) in [5.74, 6) is 1.60. The number of ether oxygens (including phenoxy) is 3. The number of nitriles is 1. The van der Waals surface area contributed by atoms with E-state index in [1.165, 1.54) is 0 Å². The van der Waals surface area contributed by atoms with Crippen molar-refractivity contribution in [3.05, 3.63) is 84.4 Å². The topological polar surface area (TPSA) is 51.5 Å². The molecule has 3 aromatic carbocycles. The molecule has 0 N–H and O–H groups in total. The zero-order valence-corrected chi connectivity index (χ0v) is 15.1. The first-order valence-electron chi connectivity index (χ1n) is 8.75. The molecule has 0 heterocycles. The Bertz CT molecular complexity index is 942. The third kappa shape index (κ3) is 5.34. The molecule has 0 amide bonds. The highest BCUT2D eigenvalue weighted by molar-refractivity contribution is 5.85. The molecule has 27 heavy (non-hydrogen) atoms. The average Bonchev–Trinajstić information content (AvgIpc) is 2.72. The van der Waals surface area contributed by atoms with Crippen molar-refractivity contribution >= 4 is 10.8 Å². The van der Waals surface area contributed by atoms with Gasteiger partial charge in [0.05, 0.1) is 24.8 Å². The van der Waals surface area contributed by atoms with E-state index in [1.807, 2.05) is 60.7 Å². The zero-order chi connectivity index (χ0) is 18.9. The number of rotatable bonds is 9. The summed E-state index contributed by atoms with van der Waals surface area (Å²) in [6.07, 6.45) is 1.72. The molecule has 136 valence electrons. The van der Waals surface area contributed by atoms with Crippen LogP contribution in [-0.2, 0) is 11.3 Å². The van der Waals surface area contributed by atoms with Crippen LogP contribution in [-0.4, -0.2) is 19.8 Å². The van der Waals surface area contributed by atoms with E-state index >= 15 is 0 Å². The molecule has 0 atom stereocenters. The average molecular weight is 359 g/mol. The lowest BCUT2D eigenvalue weighted by molar-refractivity contribution is 0.121. The molecular formula is C23H21NO3. The molecular weight excluding hydrogens is 338 g/mol. The van der Waals surface area contributed by atoms with Gasteiger partial charge in [-0.2, -0.15) is 5.26 Å². The van der Waals surface area contributed by atoms with E-state index in [2.05, 4.69) is 12.6 Å². The molecule has 0 aliphatic rings. The van der Waals surface area contributed by atoms with Crippen molar-refractivity contribution in [2.45, 2.75) is 6.61 Å². The van der Waals surface area contributed by atoms with Crippen molar-refractivity contribution in [1.82, 2.24) is 0 Å². The summed E-state index contributed by atoms with van der Waals surface area (Å²) in [4.78, 5) is 0. The van der Waals surface area contributed by atoms with Gasteiger partial charge in [-0.15, -0.1) is 6.58 Å². The van der Waals surface area contributed by atoms with Crippen LogP contribution in [0.3, 0.4) is 0 Å². The van der Waals surface area contributed by atoms with Crippen molar-refractivity contribution in [3.8, 4) is 17.6 Å². The van der Waals surface area contributed by atoms with Gasteiger partial charge >= 0.3 is 0 Å². The summed E-state index contributed by atoms with van der Waals surface area (Å²) in [6, 6.07) is 21.5. The van der Waals surface area contributed by atoms with Crippen LogP contribution < -0.4 is 9.47 Å². The Labute approximate surface area is 159 Å². The first-order valence-corrected chi connectivity index (χ1v) is 8.75. The monoisotopic (exact) mass is 359 g/mol. The largest absolute Gasteiger partial charge is 0.491 e. The summed E-state index contributed by atoms with van der Waals surface area (Å²) in [7, 11) is 0. The molecule has 3 rings (SSSR count). The normalized spacial score (nSPS) is 10.3. The molecule has 0 radical (unpaired) electrons. The van der Waals surface area contributed by atoms with Crippen LogP contribution in [0.4, 0.5) is 0 Å². The Morgan fingerprint density at radius 1 is 0.852 bits per heavy atom. The fraction of sp³-hybridized carbons (Fsp3) is 0.174. The lowest BCUT2D eigenvalue weighted by Gasteiger charge is -2.09. The fourth-order valence-electron chi connectivity index (χ4n) is 2.62. The van der Waals surface area contributed by atoms with Gasteiger partial charge in [-0.1, -0.05) is 30.3 Å². The summed E-state index contributed by atoms with van der Waals surface area (Å²) in [6.45, 7) is 5.66. The lowest BCUT2D eigenvalue weighted by Crippen LogP contribution is -2.06. The predicted octanol–water partition coefficient (Wildman–Crippen LogP) is 4.87. The Morgan fingerprint density at radius 3 is 2.37 bits per heavy atom. The van der Waals surface area contributed by atoms with E-state index in [9.17, 15) is 0 Å². The first-order chi connectivity index (χ1) is 13.3. The number of nitrogens with zero attached hydrogens (tertiary/aromatic N) is 1. The van der Waals surface area contributed by atoms with Gasteiger partial charge < -0.3 is 14.2 Å².